The van der Waals surface area contributed by atoms with Gasteiger partial charge < -0.3 is 9.84 Å². The molecule has 0 amide bonds. The Balaban J connectivity index is 2.74. The number of carboxylic acids is 1. The summed E-state index contributed by atoms with van der Waals surface area (Å²) in [6, 6.07) is 7.54. The number of methoxy groups -OCH3 is 1. The van der Waals surface area contributed by atoms with Crippen LogP contribution in [0, 0.1) is 5.92 Å². The van der Waals surface area contributed by atoms with E-state index in [1.165, 1.54) is 0 Å². The van der Waals surface area contributed by atoms with Crippen LogP contribution in [-0.4, -0.2) is 18.2 Å². The van der Waals surface area contributed by atoms with Gasteiger partial charge in [0.05, 0.1) is 13.0 Å². The number of ether oxygens (including phenoxy) is 1. The van der Waals surface area contributed by atoms with E-state index in [4.69, 9.17) is 9.84 Å². The van der Waals surface area contributed by atoms with E-state index < -0.39 is 5.97 Å². The third-order valence-corrected chi connectivity index (χ3v) is 2.46. The maximum Gasteiger partial charge on any atom is 0.306 e. The molecule has 82 valence electrons. The fraction of sp³-hybridized carbons (Fsp3) is 0.417. The highest BCUT2D eigenvalue weighted by Crippen LogP contribution is 2.17. The molecule has 1 aromatic rings. The first-order chi connectivity index (χ1) is 7.17. The van der Waals surface area contributed by atoms with Gasteiger partial charge in [0.25, 0.3) is 0 Å². The van der Waals surface area contributed by atoms with Crippen LogP contribution in [0.25, 0.3) is 0 Å². The third-order valence-electron chi connectivity index (χ3n) is 2.46. The zero-order valence-electron chi connectivity index (χ0n) is 9.06. The van der Waals surface area contributed by atoms with Gasteiger partial charge in [0.15, 0.2) is 0 Å². The van der Waals surface area contributed by atoms with Crippen molar-refractivity contribution in [3.63, 3.8) is 0 Å². The number of aliphatic carboxylic acids is 1. The van der Waals surface area contributed by atoms with Gasteiger partial charge in [-0.05, 0) is 30.5 Å². The van der Waals surface area contributed by atoms with E-state index in [0.717, 1.165) is 11.3 Å². The van der Waals surface area contributed by atoms with Gasteiger partial charge in [-0.15, -0.1) is 0 Å². The Bertz CT molecular complexity index is 333. The maximum absolute atomic E-state index is 10.9. The molecule has 3 heteroatoms. The lowest BCUT2D eigenvalue weighted by Gasteiger charge is -2.10. The smallest absolute Gasteiger partial charge is 0.306 e. The minimum Gasteiger partial charge on any atom is -0.497 e. The summed E-state index contributed by atoms with van der Waals surface area (Å²) in [5.74, 6) is -0.273. The standard InChI is InChI=1S/C12H16O3/c1-3-10(12(13)14)7-9-5-4-6-11(8-9)15-2/h4-6,8,10H,3,7H2,1-2H3,(H,13,14)/t10-/m0/s1. The topological polar surface area (TPSA) is 46.5 Å². The van der Waals surface area contributed by atoms with Gasteiger partial charge in [-0.2, -0.15) is 0 Å². The molecule has 0 aromatic heterocycles. The highest BCUT2D eigenvalue weighted by molar-refractivity contribution is 5.70. The van der Waals surface area contributed by atoms with Crippen molar-refractivity contribution >= 4 is 5.97 Å². The van der Waals surface area contributed by atoms with Crippen molar-refractivity contribution in [3.05, 3.63) is 29.8 Å². The summed E-state index contributed by atoms with van der Waals surface area (Å²) in [6.45, 7) is 1.89. The Morgan fingerprint density at radius 1 is 1.53 bits per heavy atom. The molecule has 1 rings (SSSR count). The molecule has 3 nitrogen and oxygen atoms in total. The molecule has 0 bridgehead atoms. The molecule has 0 saturated carbocycles. The largest absolute Gasteiger partial charge is 0.497 e. The first kappa shape index (κ1) is 11.6. The van der Waals surface area contributed by atoms with E-state index in [1.54, 1.807) is 7.11 Å². The van der Waals surface area contributed by atoms with Gasteiger partial charge in [0.1, 0.15) is 5.75 Å². The minimum absolute atomic E-state index is 0.308. The van der Waals surface area contributed by atoms with E-state index in [2.05, 4.69) is 0 Å². The van der Waals surface area contributed by atoms with Gasteiger partial charge in [0.2, 0.25) is 0 Å². The van der Waals surface area contributed by atoms with Crippen LogP contribution < -0.4 is 4.74 Å². The highest BCUT2D eigenvalue weighted by atomic mass is 16.5. The van der Waals surface area contributed by atoms with Crippen LogP contribution in [0.3, 0.4) is 0 Å². The van der Waals surface area contributed by atoms with E-state index in [0.29, 0.717) is 12.8 Å². The normalized spacial score (nSPS) is 12.1. The second-order valence-corrected chi connectivity index (χ2v) is 3.50. The molecule has 0 unspecified atom stereocenters. The van der Waals surface area contributed by atoms with Crippen LogP contribution in [0.5, 0.6) is 5.75 Å². The SMILES string of the molecule is CC[C@@H](Cc1cccc(OC)c1)C(=O)O. The summed E-state index contributed by atoms with van der Waals surface area (Å²) in [5, 5.41) is 8.93. The number of rotatable bonds is 5. The van der Waals surface area contributed by atoms with Crippen molar-refractivity contribution in [3.8, 4) is 5.75 Å². The Kier molecular flexibility index (Phi) is 4.16. The van der Waals surface area contributed by atoms with Crippen molar-refractivity contribution in [2.45, 2.75) is 19.8 Å². The summed E-state index contributed by atoms with van der Waals surface area (Å²) >= 11 is 0. The number of hydrogen-bond donors (Lipinski definition) is 1. The average molecular weight is 208 g/mol. The van der Waals surface area contributed by atoms with Crippen molar-refractivity contribution in [1.29, 1.82) is 0 Å². The highest BCUT2D eigenvalue weighted by Gasteiger charge is 2.15. The number of hydrogen-bond acceptors (Lipinski definition) is 2. The van der Waals surface area contributed by atoms with Crippen molar-refractivity contribution in [2.75, 3.05) is 7.11 Å². The minimum atomic E-state index is -0.736. The summed E-state index contributed by atoms with van der Waals surface area (Å²) in [5.41, 5.74) is 1.00. The first-order valence-corrected chi connectivity index (χ1v) is 5.03. The number of carbonyl (C=O) groups is 1. The molecule has 1 atom stereocenters. The van der Waals surface area contributed by atoms with Gasteiger partial charge in [0, 0.05) is 0 Å². The van der Waals surface area contributed by atoms with Crippen molar-refractivity contribution in [2.24, 2.45) is 5.92 Å². The third kappa shape index (κ3) is 3.27. The van der Waals surface area contributed by atoms with Crippen LogP contribution in [0.15, 0.2) is 24.3 Å². The maximum atomic E-state index is 10.9. The lowest BCUT2D eigenvalue weighted by atomic mass is 9.97. The molecular weight excluding hydrogens is 192 g/mol. The Labute approximate surface area is 89.7 Å². The van der Waals surface area contributed by atoms with E-state index in [9.17, 15) is 4.79 Å². The lowest BCUT2D eigenvalue weighted by molar-refractivity contribution is -0.141. The van der Waals surface area contributed by atoms with Gasteiger partial charge in [-0.25, -0.2) is 0 Å². The first-order valence-electron chi connectivity index (χ1n) is 5.03. The van der Waals surface area contributed by atoms with Crippen LogP contribution in [-0.2, 0) is 11.2 Å². The van der Waals surface area contributed by atoms with Crippen LogP contribution in [0.2, 0.25) is 0 Å². The molecule has 1 N–H and O–H groups in total. The Hall–Kier alpha value is -1.51. The molecule has 0 heterocycles. The van der Waals surface area contributed by atoms with Crippen LogP contribution in [0.1, 0.15) is 18.9 Å². The molecule has 15 heavy (non-hydrogen) atoms. The molecule has 0 aliphatic carbocycles. The molecule has 0 aliphatic heterocycles. The molecule has 0 radical (unpaired) electrons. The molecule has 1 aromatic carbocycles. The molecule has 0 saturated heterocycles. The predicted octanol–water partition coefficient (Wildman–Crippen LogP) is 2.35. The zero-order valence-corrected chi connectivity index (χ0v) is 9.06. The quantitative estimate of drug-likeness (QED) is 0.807. The fourth-order valence-corrected chi connectivity index (χ4v) is 1.49. The van der Waals surface area contributed by atoms with Crippen molar-refractivity contribution in [1.82, 2.24) is 0 Å². The number of benzene rings is 1. The summed E-state index contributed by atoms with van der Waals surface area (Å²) in [7, 11) is 1.60. The van der Waals surface area contributed by atoms with Crippen LogP contribution in [0.4, 0.5) is 0 Å². The number of carboxylic acid groups (broad SMARTS) is 1. The molecule has 0 fully saturated rings. The second-order valence-electron chi connectivity index (χ2n) is 3.50. The van der Waals surface area contributed by atoms with Crippen molar-refractivity contribution < 1.29 is 14.6 Å². The second kappa shape index (κ2) is 5.39. The molecule has 0 spiro atoms. The van der Waals surface area contributed by atoms with E-state index in [-0.39, 0.29) is 5.92 Å². The van der Waals surface area contributed by atoms with Crippen LogP contribution >= 0.6 is 0 Å². The van der Waals surface area contributed by atoms with E-state index in [1.807, 2.05) is 31.2 Å². The van der Waals surface area contributed by atoms with Gasteiger partial charge >= 0.3 is 5.97 Å². The molecule has 0 aliphatic rings. The van der Waals surface area contributed by atoms with E-state index >= 15 is 0 Å². The molecular formula is C12H16O3. The lowest BCUT2D eigenvalue weighted by Crippen LogP contribution is -2.15. The summed E-state index contributed by atoms with van der Waals surface area (Å²) < 4.78 is 5.08. The zero-order chi connectivity index (χ0) is 11.3. The fourth-order valence-electron chi connectivity index (χ4n) is 1.49. The average Bonchev–Trinajstić information content (AvgIpc) is 2.25. The monoisotopic (exact) mass is 208 g/mol. The van der Waals surface area contributed by atoms with Gasteiger partial charge in [-0.3, -0.25) is 4.79 Å². The predicted molar refractivity (Wildman–Crippen MR) is 58.1 cm³/mol. The van der Waals surface area contributed by atoms with Gasteiger partial charge in [-0.1, -0.05) is 19.1 Å². The Morgan fingerprint density at radius 2 is 2.27 bits per heavy atom. The Morgan fingerprint density at radius 3 is 2.80 bits per heavy atom. The summed E-state index contributed by atoms with van der Waals surface area (Å²) in [6.07, 6.45) is 1.20. The summed E-state index contributed by atoms with van der Waals surface area (Å²) in [4.78, 5) is 10.9.